The van der Waals surface area contributed by atoms with Crippen LogP contribution in [-0.2, 0) is 0 Å². The number of fused-ring (bicyclic) bond motifs is 3. The van der Waals surface area contributed by atoms with E-state index in [0.717, 1.165) is 49.9 Å². The third kappa shape index (κ3) is 6.33. The summed E-state index contributed by atoms with van der Waals surface area (Å²) in [7, 11) is 0. The molecule has 10 aromatic rings. The Kier molecular flexibility index (Phi) is 8.24. The first-order chi connectivity index (χ1) is 27.2. The van der Waals surface area contributed by atoms with Crippen LogP contribution in [0.2, 0.25) is 0 Å². The molecule has 0 bridgehead atoms. The highest BCUT2D eigenvalue weighted by Crippen LogP contribution is 2.42. The topological polar surface area (TPSA) is 77.3 Å². The first-order valence-electron chi connectivity index (χ1n) is 18.0. The Balaban J connectivity index is 1.07. The lowest BCUT2D eigenvalue weighted by molar-refractivity contribution is 1.07. The van der Waals surface area contributed by atoms with Crippen molar-refractivity contribution >= 4 is 31.5 Å². The van der Waals surface area contributed by atoms with Gasteiger partial charge in [-0.25, -0.2) is 29.9 Å². The SMILES string of the molecule is c1ccc(-c2nc(-c3ccccc3)nc(-c3ccc(-c4cccc5sc6ccc(-c7nc(-c8ccccc8)nc(-c8ccccc8)n7)cc6c45)cc3)n2)cc1. The normalized spacial score (nSPS) is 11.3. The fraction of sp³-hybridized carbons (Fsp3) is 0. The van der Waals surface area contributed by atoms with E-state index < -0.39 is 0 Å². The van der Waals surface area contributed by atoms with Gasteiger partial charge in [-0.3, -0.25) is 0 Å². The van der Waals surface area contributed by atoms with E-state index >= 15 is 0 Å². The van der Waals surface area contributed by atoms with Crippen molar-refractivity contribution in [2.24, 2.45) is 0 Å². The maximum atomic E-state index is 5.01. The van der Waals surface area contributed by atoms with E-state index in [-0.39, 0.29) is 0 Å². The number of hydrogen-bond acceptors (Lipinski definition) is 7. The lowest BCUT2D eigenvalue weighted by atomic mass is 9.97. The van der Waals surface area contributed by atoms with Gasteiger partial charge in [-0.15, -0.1) is 11.3 Å². The molecule has 3 heterocycles. The number of benzene rings is 7. The molecule has 0 saturated carbocycles. The zero-order valence-electron chi connectivity index (χ0n) is 29.4. The number of thiophene rings is 1. The van der Waals surface area contributed by atoms with Gasteiger partial charge in [0.1, 0.15) is 0 Å². The molecule has 258 valence electrons. The standard InChI is InChI=1S/C48H30N6S/c1-5-14-32(15-6-1)43-49-44(33-16-7-2-8-17-33)52-47(51-43)36-26-24-31(25-27-36)38-22-13-23-41-42(38)39-30-37(28-29-40(39)55-41)48-53-45(34-18-9-3-10-19-34)50-46(54-48)35-20-11-4-12-21-35/h1-30H. The van der Waals surface area contributed by atoms with Crippen LogP contribution >= 0.6 is 11.3 Å². The van der Waals surface area contributed by atoms with Gasteiger partial charge in [-0.2, -0.15) is 0 Å². The molecule has 0 unspecified atom stereocenters. The molecule has 0 aliphatic rings. The van der Waals surface area contributed by atoms with E-state index in [4.69, 9.17) is 29.9 Å². The van der Waals surface area contributed by atoms with Gasteiger partial charge < -0.3 is 0 Å². The second-order valence-electron chi connectivity index (χ2n) is 13.1. The summed E-state index contributed by atoms with van der Waals surface area (Å²) in [5, 5.41) is 2.37. The lowest BCUT2D eigenvalue weighted by Crippen LogP contribution is -2.00. The third-order valence-corrected chi connectivity index (χ3v) is 10.7. The van der Waals surface area contributed by atoms with E-state index in [0.29, 0.717) is 34.9 Å². The summed E-state index contributed by atoms with van der Waals surface area (Å²) >= 11 is 1.79. The van der Waals surface area contributed by atoms with E-state index in [1.165, 1.54) is 14.8 Å². The van der Waals surface area contributed by atoms with Gasteiger partial charge in [-0.05, 0) is 35.4 Å². The molecule has 0 fully saturated rings. The van der Waals surface area contributed by atoms with E-state index in [1.54, 1.807) is 11.3 Å². The molecular formula is C48H30N6S. The molecule has 0 spiro atoms. The van der Waals surface area contributed by atoms with Crippen molar-refractivity contribution in [3.63, 3.8) is 0 Å². The third-order valence-electron chi connectivity index (χ3n) is 9.61. The monoisotopic (exact) mass is 722 g/mol. The van der Waals surface area contributed by atoms with Crippen molar-refractivity contribution in [1.82, 2.24) is 29.9 Å². The summed E-state index contributed by atoms with van der Waals surface area (Å²) in [4.78, 5) is 29.6. The fourth-order valence-electron chi connectivity index (χ4n) is 6.88. The number of nitrogens with zero attached hydrogens (tertiary/aromatic N) is 6. The molecule has 55 heavy (non-hydrogen) atoms. The van der Waals surface area contributed by atoms with Crippen LogP contribution in [-0.4, -0.2) is 29.9 Å². The maximum Gasteiger partial charge on any atom is 0.164 e. The van der Waals surface area contributed by atoms with Crippen molar-refractivity contribution in [1.29, 1.82) is 0 Å². The molecule has 0 aliphatic heterocycles. The summed E-state index contributed by atoms with van der Waals surface area (Å²) in [5.74, 6) is 3.84. The number of hydrogen-bond donors (Lipinski definition) is 0. The first kappa shape index (κ1) is 32.4. The first-order valence-corrected chi connectivity index (χ1v) is 18.9. The summed E-state index contributed by atoms with van der Waals surface area (Å²) in [6, 6.07) is 61.9. The van der Waals surface area contributed by atoms with Crippen LogP contribution in [0.15, 0.2) is 182 Å². The molecule has 3 aromatic heterocycles. The van der Waals surface area contributed by atoms with Gasteiger partial charge in [0.25, 0.3) is 0 Å². The Morgan fingerprint density at radius 1 is 0.273 bits per heavy atom. The highest BCUT2D eigenvalue weighted by atomic mass is 32.1. The molecular weight excluding hydrogens is 693 g/mol. The van der Waals surface area contributed by atoms with Crippen LogP contribution in [0.25, 0.3) is 99.6 Å². The largest absolute Gasteiger partial charge is 0.208 e. The Labute approximate surface area is 321 Å². The molecule has 0 aliphatic carbocycles. The van der Waals surface area contributed by atoms with Gasteiger partial charge in [-0.1, -0.05) is 158 Å². The van der Waals surface area contributed by atoms with Crippen molar-refractivity contribution in [3.05, 3.63) is 182 Å². The Bertz CT molecular complexity index is 2840. The van der Waals surface area contributed by atoms with Crippen LogP contribution in [0.3, 0.4) is 0 Å². The van der Waals surface area contributed by atoms with Gasteiger partial charge in [0.15, 0.2) is 34.9 Å². The van der Waals surface area contributed by atoms with E-state index in [2.05, 4.69) is 60.7 Å². The van der Waals surface area contributed by atoms with Crippen molar-refractivity contribution < 1.29 is 0 Å². The summed E-state index contributed by atoms with van der Waals surface area (Å²) < 4.78 is 2.42. The van der Waals surface area contributed by atoms with Crippen LogP contribution in [0.5, 0.6) is 0 Å². The minimum absolute atomic E-state index is 0.630. The van der Waals surface area contributed by atoms with Crippen LogP contribution in [0.4, 0.5) is 0 Å². The average molecular weight is 723 g/mol. The zero-order valence-corrected chi connectivity index (χ0v) is 30.2. The second kappa shape index (κ2) is 14.0. The summed E-state index contributed by atoms with van der Waals surface area (Å²) in [5.41, 5.74) is 7.90. The van der Waals surface area contributed by atoms with E-state index in [9.17, 15) is 0 Å². The molecule has 0 atom stereocenters. The molecule has 6 nitrogen and oxygen atoms in total. The molecule has 7 aromatic carbocycles. The Hall–Kier alpha value is -7.22. The van der Waals surface area contributed by atoms with E-state index in [1.807, 2.05) is 121 Å². The predicted molar refractivity (Wildman–Crippen MR) is 224 cm³/mol. The highest BCUT2D eigenvalue weighted by molar-refractivity contribution is 7.26. The zero-order chi connectivity index (χ0) is 36.6. The summed E-state index contributed by atoms with van der Waals surface area (Å²) in [6.07, 6.45) is 0. The number of aromatic nitrogens is 6. The molecule has 0 saturated heterocycles. The van der Waals surface area contributed by atoms with Gasteiger partial charge in [0, 0.05) is 53.6 Å². The van der Waals surface area contributed by atoms with Gasteiger partial charge in [0.2, 0.25) is 0 Å². The average Bonchev–Trinajstić information content (AvgIpc) is 3.66. The smallest absolute Gasteiger partial charge is 0.164 e. The van der Waals surface area contributed by atoms with Crippen LogP contribution in [0, 0.1) is 0 Å². The second-order valence-corrected chi connectivity index (χ2v) is 14.2. The minimum atomic E-state index is 0.630. The number of rotatable bonds is 7. The lowest BCUT2D eigenvalue weighted by Gasteiger charge is -2.10. The molecule has 10 rings (SSSR count). The van der Waals surface area contributed by atoms with Crippen molar-refractivity contribution in [2.75, 3.05) is 0 Å². The fourth-order valence-corrected chi connectivity index (χ4v) is 7.99. The minimum Gasteiger partial charge on any atom is -0.208 e. The predicted octanol–water partition coefficient (Wildman–Crippen LogP) is 12.1. The van der Waals surface area contributed by atoms with Crippen LogP contribution in [0.1, 0.15) is 0 Å². The molecule has 7 heteroatoms. The molecule has 0 radical (unpaired) electrons. The van der Waals surface area contributed by atoms with Gasteiger partial charge in [0.05, 0.1) is 0 Å². The van der Waals surface area contributed by atoms with Crippen LogP contribution < -0.4 is 0 Å². The molecule has 0 N–H and O–H groups in total. The van der Waals surface area contributed by atoms with Crippen molar-refractivity contribution in [2.45, 2.75) is 0 Å². The summed E-state index contributed by atoms with van der Waals surface area (Å²) in [6.45, 7) is 0. The van der Waals surface area contributed by atoms with Crippen molar-refractivity contribution in [3.8, 4) is 79.5 Å². The highest BCUT2D eigenvalue weighted by Gasteiger charge is 2.17. The quantitative estimate of drug-likeness (QED) is 0.163. The van der Waals surface area contributed by atoms with Gasteiger partial charge >= 0.3 is 0 Å². The Morgan fingerprint density at radius 2 is 0.636 bits per heavy atom. The molecule has 0 amide bonds. The Morgan fingerprint density at radius 3 is 1.07 bits per heavy atom. The maximum absolute atomic E-state index is 5.01.